The van der Waals surface area contributed by atoms with Gasteiger partial charge < -0.3 is 15.4 Å². The number of nitrogens with one attached hydrogen (secondary N) is 2. The zero-order chi connectivity index (χ0) is 16.8. The molecule has 0 radical (unpaired) electrons. The largest absolute Gasteiger partial charge is 0.484 e. The first-order valence-electron chi connectivity index (χ1n) is 7.31. The van der Waals surface area contributed by atoms with Crippen LogP contribution in [0.25, 0.3) is 0 Å². The van der Waals surface area contributed by atoms with E-state index in [0.29, 0.717) is 17.1 Å². The van der Waals surface area contributed by atoms with E-state index in [1.54, 1.807) is 24.3 Å². The number of aryl methyl sites for hydroxylation is 2. The van der Waals surface area contributed by atoms with Gasteiger partial charge in [0.05, 0.1) is 0 Å². The quantitative estimate of drug-likeness (QED) is 0.890. The lowest BCUT2D eigenvalue weighted by atomic mass is 10.1. The standard InChI is InChI=1S/C18H20N2O3/c1-12-7-8-17(9-13(12)2)23-11-18(22)20-16-6-4-5-15(10-16)19-14(3)21/h4-10H,11H2,1-3H3,(H,19,21)(H,20,22). The molecule has 0 atom stereocenters. The summed E-state index contributed by atoms with van der Waals surface area (Å²) in [5, 5.41) is 5.40. The van der Waals surface area contributed by atoms with Crippen molar-refractivity contribution in [1.29, 1.82) is 0 Å². The van der Waals surface area contributed by atoms with Gasteiger partial charge in [-0.25, -0.2) is 0 Å². The van der Waals surface area contributed by atoms with Crippen molar-refractivity contribution in [3.05, 3.63) is 53.6 Å². The van der Waals surface area contributed by atoms with E-state index in [4.69, 9.17) is 4.74 Å². The molecule has 0 aliphatic carbocycles. The third-order valence-electron chi connectivity index (χ3n) is 3.31. The van der Waals surface area contributed by atoms with E-state index in [-0.39, 0.29) is 18.4 Å². The van der Waals surface area contributed by atoms with Crippen LogP contribution in [-0.2, 0) is 9.59 Å². The molecule has 0 aliphatic rings. The Morgan fingerprint density at radius 2 is 1.65 bits per heavy atom. The van der Waals surface area contributed by atoms with Crippen molar-refractivity contribution in [3.63, 3.8) is 0 Å². The topological polar surface area (TPSA) is 67.4 Å². The van der Waals surface area contributed by atoms with Crippen LogP contribution >= 0.6 is 0 Å². The van der Waals surface area contributed by atoms with Crippen molar-refractivity contribution in [2.75, 3.05) is 17.2 Å². The molecule has 23 heavy (non-hydrogen) atoms. The first-order valence-corrected chi connectivity index (χ1v) is 7.31. The maximum atomic E-state index is 11.9. The molecule has 0 aromatic heterocycles. The first kappa shape index (κ1) is 16.5. The number of ether oxygens (including phenoxy) is 1. The second kappa shape index (κ2) is 7.45. The van der Waals surface area contributed by atoms with Crippen molar-refractivity contribution in [1.82, 2.24) is 0 Å². The fraction of sp³-hybridized carbons (Fsp3) is 0.222. The predicted molar refractivity (Wildman–Crippen MR) is 90.8 cm³/mol. The number of hydrogen-bond donors (Lipinski definition) is 2. The molecule has 5 heteroatoms. The Bertz CT molecular complexity index is 726. The van der Waals surface area contributed by atoms with E-state index in [9.17, 15) is 9.59 Å². The number of benzene rings is 2. The number of carbonyl (C=O) groups is 2. The highest BCUT2D eigenvalue weighted by Gasteiger charge is 2.05. The van der Waals surface area contributed by atoms with Crippen LogP contribution in [0, 0.1) is 13.8 Å². The lowest BCUT2D eigenvalue weighted by molar-refractivity contribution is -0.118. The minimum atomic E-state index is -0.261. The highest BCUT2D eigenvalue weighted by molar-refractivity contribution is 5.94. The smallest absolute Gasteiger partial charge is 0.262 e. The molecule has 2 aromatic carbocycles. The molecule has 0 fully saturated rings. The van der Waals surface area contributed by atoms with Gasteiger partial charge in [-0.15, -0.1) is 0 Å². The zero-order valence-electron chi connectivity index (χ0n) is 13.5. The molecule has 0 saturated heterocycles. The van der Waals surface area contributed by atoms with Gasteiger partial charge in [0, 0.05) is 18.3 Å². The lowest BCUT2D eigenvalue weighted by Crippen LogP contribution is -2.20. The average molecular weight is 312 g/mol. The third kappa shape index (κ3) is 5.14. The fourth-order valence-corrected chi connectivity index (χ4v) is 2.03. The monoisotopic (exact) mass is 312 g/mol. The summed E-state index contributed by atoms with van der Waals surface area (Å²) in [6, 6.07) is 12.6. The fourth-order valence-electron chi connectivity index (χ4n) is 2.03. The molecule has 2 aromatic rings. The van der Waals surface area contributed by atoms with E-state index in [0.717, 1.165) is 5.56 Å². The molecular weight excluding hydrogens is 292 g/mol. The Morgan fingerprint density at radius 1 is 0.957 bits per heavy atom. The predicted octanol–water partition coefficient (Wildman–Crippen LogP) is 3.28. The molecule has 0 saturated carbocycles. The molecule has 0 heterocycles. The summed E-state index contributed by atoms with van der Waals surface area (Å²) in [7, 11) is 0. The normalized spacial score (nSPS) is 10.0. The van der Waals surface area contributed by atoms with Crippen LogP contribution in [0.5, 0.6) is 5.75 Å². The molecule has 0 spiro atoms. The van der Waals surface area contributed by atoms with Gasteiger partial charge in [-0.05, 0) is 55.3 Å². The molecule has 5 nitrogen and oxygen atoms in total. The lowest BCUT2D eigenvalue weighted by Gasteiger charge is -2.10. The van der Waals surface area contributed by atoms with E-state index < -0.39 is 0 Å². The van der Waals surface area contributed by atoms with E-state index >= 15 is 0 Å². The number of anilines is 2. The van der Waals surface area contributed by atoms with E-state index in [1.807, 2.05) is 32.0 Å². The van der Waals surface area contributed by atoms with Gasteiger partial charge in [-0.3, -0.25) is 9.59 Å². The van der Waals surface area contributed by atoms with Gasteiger partial charge in [-0.2, -0.15) is 0 Å². The van der Waals surface area contributed by atoms with E-state index in [1.165, 1.54) is 12.5 Å². The van der Waals surface area contributed by atoms with E-state index in [2.05, 4.69) is 10.6 Å². The van der Waals surface area contributed by atoms with Crippen molar-refractivity contribution in [2.24, 2.45) is 0 Å². The molecule has 2 rings (SSSR count). The minimum Gasteiger partial charge on any atom is -0.484 e. The van der Waals surface area contributed by atoms with Crippen molar-refractivity contribution in [3.8, 4) is 5.75 Å². The second-order valence-electron chi connectivity index (χ2n) is 5.34. The summed E-state index contributed by atoms with van der Waals surface area (Å²) in [6.07, 6.45) is 0. The molecule has 2 amide bonds. The Balaban J connectivity index is 1.91. The van der Waals surface area contributed by atoms with Crippen molar-refractivity contribution in [2.45, 2.75) is 20.8 Å². The summed E-state index contributed by atoms with van der Waals surface area (Å²) in [5.74, 6) is 0.241. The minimum absolute atomic E-state index is 0.0765. The summed E-state index contributed by atoms with van der Waals surface area (Å²) in [4.78, 5) is 23.0. The van der Waals surface area contributed by atoms with Crippen LogP contribution in [0.2, 0.25) is 0 Å². The third-order valence-corrected chi connectivity index (χ3v) is 3.31. The van der Waals surface area contributed by atoms with Crippen LogP contribution in [0.15, 0.2) is 42.5 Å². The van der Waals surface area contributed by atoms with Crippen molar-refractivity contribution < 1.29 is 14.3 Å². The Hall–Kier alpha value is -2.82. The Morgan fingerprint density at radius 3 is 2.30 bits per heavy atom. The highest BCUT2D eigenvalue weighted by atomic mass is 16.5. The highest BCUT2D eigenvalue weighted by Crippen LogP contribution is 2.17. The molecule has 0 bridgehead atoms. The van der Waals surface area contributed by atoms with Crippen LogP contribution in [-0.4, -0.2) is 18.4 Å². The van der Waals surface area contributed by atoms with Crippen LogP contribution < -0.4 is 15.4 Å². The van der Waals surface area contributed by atoms with Gasteiger partial charge in [0.2, 0.25) is 5.91 Å². The summed E-state index contributed by atoms with van der Waals surface area (Å²) in [6.45, 7) is 5.37. The maximum absolute atomic E-state index is 11.9. The van der Waals surface area contributed by atoms with Crippen molar-refractivity contribution >= 4 is 23.2 Å². The molecular formula is C18H20N2O3. The Labute approximate surface area is 135 Å². The second-order valence-corrected chi connectivity index (χ2v) is 5.34. The number of rotatable bonds is 5. The average Bonchev–Trinajstić information content (AvgIpc) is 2.48. The zero-order valence-corrected chi connectivity index (χ0v) is 13.5. The number of hydrogen-bond acceptors (Lipinski definition) is 3. The van der Waals surface area contributed by atoms with Crippen LogP contribution in [0.1, 0.15) is 18.1 Å². The van der Waals surface area contributed by atoms with Crippen LogP contribution in [0.3, 0.4) is 0 Å². The van der Waals surface area contributed by atoms with Gasteiger partial charge in [0.15, 0.2) is 6.61 Å². The van der Waals surface area contributed by atoms with Gasteiger partial charge >= 0.3 is 0 Å². The van der Waals surface area contributed by atoms with Gasteiger partial charge in [-0.1, -0.05) is 12.1 Å². The number of carbonyl (C=O) groups excluding carboxylic acids is 2. The SMILES string of the molecule is CC(=O)Nc1cccc(NC(=O)COc2ccc(C)c(C)c2)c1. The van der Waals surface area contributed by atoms with Crippen LogP contribution in [0.4, 0.5) is 11.4 Å². The number of amides is 2. The first-order chi connectivity index (χ1) is 10.9. The summed E-state index contributed by atoms with van der Waals surface area (Å²) >= 11 is 0. The summed E-state index contributed by atoms with van der Waals surface area (Å²) < 4.78 is 5.49. The summed E-state index contributed by atoms with van der Waals surface area (Å²) in [5.41, 5.74) is 3.53. The maximum Gasteiger partial charge on any atom is 0.262 e. The Kier molecular flexibility index (Phi) is 5.36. The molecule has 120 valence electrons. The van der Waals surface area contributed by atoms with Gasteiger partial charge in [0.25, 0.3) is 5.91 Å². The molecule has 0 aliphatic heterocycles. The molecule has 0 unspecified atom stereocenters. The van der Waals surface area contributed by atoms with Gasteiger partial charge in [0.1, 0.15) is 5.75 Å². The molecule has 2 N–H and O–H groups in total.